The summed E-state index contributed by atoms with van der Waals surface area (Å²) in [7, 11) is 3.54. The molecule has 1 aromatic rings. The van der Waals surface area contributed by atoms with E-state index in [1.165, 1.54) is 18.2 Å². The van der Waals surface area contributed by atoms with E-state index in [9.17, 15) is 14.9 Å². The summed E-state index contributed by atoms with van der Waals surface area (Å²) in [4.78, 5) is 24.1. The smallest absolute Gasteiger partial charge is 0.270 e. The highest BCUT2D eigenvalue weighted by atomic mass is 16.6. The number of nitrogen functional groups attached to an aromatic ring is 1. The van der Waals surface area contributed by atoms with Crippen LogP contribution in [0.2, 0.25) is 0 Å². The molecule has 0 aliphatic carbocycles. The van der Waals surface area contributed by atoms with Crippen molar-refractivity contribution in [1.82, 2.24) is 10.2 Å². The normalized spacial score (nSPS) is 10.6. The highest BCUT2D eigenvalue weighted by Gasteiger charge is 2.15. The van der Waals surface area contributed by atoms with Crippen molar-refractivity contribution in [3.63, 3.8) is 0 Å². The first-order chi connectivity index (χ1) is 9.95. The molecule has 0 saturated carbocycles. The van der Waals surface area contributed by atoms with E-state index in [1.54, 1.807) is 7.11 Å². The third-order valence-corrected chi connectivity index (χ3v) is 2.95. The zero-order chi connectivity index (χ0) is 15.8. The molecule has 0 aromatic heterocycles. The number of nitro benzene ring substituents is 1. The van der Waals surface area contributed by atoms with Gasteiger partial charge in [0.15, 0.2) is 0 Å². The quantitative estimate of drug-likeness (QED) is 0.410. The molecule has 0 unspecified atom stereocenters. The lowest BCUT2D eigenvalue weighted by atomic mass is 10.1. The number of carbonyl (C=O) groups is 1. The maximum absolute atomic E-state index is 12.0. The Morgan fingerprint density at radius 1 is 1.48 bits per heavy atom. The largest absolute Gasteiger partial charge is 0.398 e. The maximum atomic E-state index is 12.0. The topological polar surface area (TPSA) is 111 Å². The van der Waals surface area contributed by atoms with Gasteiger partial charge in [-0.1, -0.05) is 0 Å². The van der Waals surface area contributed by atoms with Gasteiger partial charge in [0.1, 0.15) is 0 Å². The molecule has 116 valence electrons. The van der Waals surface area contributed by atoms with Crippen molar-refractivity contribution < 1.29 is 14.5 Å². The minimum atomic E-state index is -0.561. The number of nitrogens with two attached hydrogens (primary N) is 1. The number of rotatable bonds is 8. The second-order valence-electron chi connectivity index (χ2n) is 4.58. The fourth-order valence-corrected chi connectivity index (χ4v) is 1.67. The molecule has 1 rings (SSSR count). The summed E-state index contributed by atoms with van der Waals surface area (Å²) in [5, 5.41) is 13.4. The Morgan fingerprint density at radius 3 is 2.81 bits per heavy atom. The van der Waals surface area contributed by atoms with Crippen LogP contribution in [0.25, 0.3) is 0 Å². The monoisotopic (exact) mass is 296 g/mol. The third kappa shape index (κ3) is 5.36. The number of hydrogen-bond acceptors (Lipinski definition) is 6. The van der Waals surface area contributed by atoms with Gasteiger partial charge in [-0.3, -0.25) is 14.9 Å². The van der Waals surface area contributed by atoms with E-state index in [1.807, 2.05) is 11.9 Å². The van der Waals surface area contributed by atoms with E-state index in [0.717, 1.165) is 6.54 Å². The second-order valence-corrected chi connectivity index (χ2v) is 4.58. The van der Waals surface area contributed by atoms with Gasteiger partial charge in [-0.2, -0.15) is 0 Å². The lowest BCUT2D eigenvalue weighted by Crippen LogP contribution is -2.34. The van der Waals surface area contributed by atoms with Gasteiger partial charge in [0.25, 0.3) is 11.6 Å². The number of nitrogens with zero attached hydrogens (tertiary/aromatic N) is 2. The standard InChI is InChI=1S/C13H20N4O4/c1-16(7-8-21-2)6-5-15-13(18)11-9-10(17(19)20)3-4-12(11)14/h3-4,9H,5-8,14H2,1-2H3,(H,15,18). The Kier molecular flexibility index (Phi) is 6.57. The first-order valence-electron chi connectivity index (χ1n) is 6.45. The number of benzene rings is 1. The van der Waals surface area contributed by atoms with Crippen molar-refractivity contribution in [2.24, 2.45) is 0 Å². The molecule has 1 aromatic carbocycles. The predicted octanol–water partition coefficient (Wildman–Crippen LogP) is 0.485. The average molecular weight is 296 g/mol. The van der Waals surface area contributed by atoms with Crippen LogP contribution in [0.4, 0.5) is 11.4 Å². The summed E-state index contributed by atoms with van der Waals surface area (Å²) in [6.07, 6.45) is 0. The number of non-ortho nitro benzene ring substituents is 1. The zero-order valence-corrected chi connectivity index (χ0v) is 12.2. The number of amides is 1. The van der Waals surface area contributed by atoms with E-state index in [0.29, 0.717) is 19.7 Å². The summed E-state index contributed by atoms with van der Waals surface area (Å²) < 4.78 is 4.95. The van der Waals surface area contributed by atoms with E-state index < -0.39 is 10.8 Å². The van der Waals surface area contributed by atoms with Crippen molar-refractivity contribution in [3.8, 4) is 0 Å². The lowest BCUT2D eigenvalue weighted by Gasteiger charge is -2.16. The van der Waals surface area contributed by atoms with Gasteiger partial charge < -0.3 is 20.7 Å². The Hall–Kier alpha value is -2.19. The van der Waals surface area contributed by atoms with Crippen LogP contribution in [0.3, 0.4) is 0 Å². The predicted molar refractivity (Wildman–Crippen MR) is 79.2 cm³/mol. The molecule has 1 amide bonds. The van der Waals surface area contributed by atoms with E-state index in [4.69, 9.17) is 10.5 Å². The van der Waals surface area contributed by atoms with E-state index in [-0.39, 0.29) is 16.9 Å². The zero-order valence-electron chi connectivity index (χ0n) is 12.2. The summed E-state index contributed by atoms with van der Waals surface area (Å²) in [5.41, 5.74) is 5.85. The van der Waals surface area contributed by atoms with Crippen molar-refractivity contribution in [3.05, 3.63) is 33.9 Å². The molecule has 21 heavy (non-hydrogen) atoms. The minimum Gasteiger partial charge on any atom is -0.398 e. The SMILES string of the molecule is COCCN(C)CCNC(=O)c1cc([N+](=O)[O-])ccc1N. The molecule has 8 heteroatoms. The van der Waals surface area contributed by atoms with Gasteiger partial charge in [0.05, 0.1) is 17.1 Å². The number of nitro groups is 1. The Labute approximate surface area is 123 Å². The molecular formula is C13H20N4O4. The third-order valence-electron chi connectivity index (χ3n) is 2.95. The number of nitrogens with one attached hydrogen (secondary N) is 1. The summed E-state index contributed by atoms with van der Waals surface area (Å²) in [6, 6.07) is 3.81. The van der Waals surface area contributed by atoms with Crippen molar-refractivity contribution in [2.45, 2.75) is 0 Å². The van der Waals surface area contributed by atoms with Gasteiger partial charge in [-0.15, -0.1) is 0 Å². The second kappa shape index (κ2) is 8.18. The molecule has 0 saturated heterocycles. The highest BCUT2D eigenvalue weighted by molar-refractivity contribution is 5.99. The van der Waals surface area contributed by atoms with Crippen LogP contribution in [0, 0.1) is 10.1 Å². The van der Waals surface area contributed by atoms with Gasteiger partial charge in [-0.05, 0) is 13.1 Å². The van der Waals surface area contributed by atoms with Crippen LogP contribution in [-0.4, -0.2) is 56.1 Å². The van der Waals surface area contributed by atoms with E-state index in [2.05, 4.69) is 5.32 Å². The highest BCUT2D eigenvalue weighted by Crippen LogP contribution is 2.19. The number of methoxy groups -OCH3 is 1. The molecule has 0 heterocycles. The molecular weight excluding hydrogens is 276 g/mol. The van der Waals surface area contributed by atoms with Gasteiger partial charge in [-0.25, -0.2) is 0 Å². The average Bonchev–Trinajstić information content (AvgIpc) is 2.45. The van der Waals surface area contributed by atoms with E-state index >= 15 is 0 Å². The van der Waals surface area contributed by atoms with Crippen LogP contribution in [-0.2, 0) is 4.74 Å². The summed E-state index contributed by atoms with van der Waals surface area (Å²) in [6.45, 7) is 2.43. The number of hydrogen-bond donors (Lipinski definition) is 2. The molecule has 0 aliphatic rings. The van der Waals surface area contributed by atoms with Crippen molar-refractivity contribution in [1.29, 1.82) is 0 Å². The fourth-order valence-electron chi connectivity index (χ4n) is 1.67. The number of anilines is 1. The lowest BCUT2D eigenvalue weighted by molar-refractivity contribution is -0.384. The maximum Gasteiger partial charge on any atom is 0.270 e. The van der Waals surface area contributed by atoms with Gasteiger partial charge >= 0.3 is 0 Å². The molecule has 0 spiro atoms. The van der Waals surface area contributed by atoms with Crippen LogP contribution >= 0.6 is 0 Å². The minimum absolute atomic E-state index is 0.115. The molecule has 3 N–H and O–H groups in total. The number of carbonyl (C=O) groups excluding carboxylic acids is 1. The Balaban J connectivity index is 2.56. The molecule has 0 fully saturated rings. The van der Waals surface area contributed by atoms with Crippen LogP contribution < -0.4 is 11.1 Å². The van der Waals surface area contributed by atoms with Crippen LogP contribution in [0.15, 0.2) is 18.2 Å². The Bertz CT molecular complexity index is 507. The van der Waals surface area contributed by atoms with Gasteiger partial charge in [0.2, 0.25) is 0 Å². The molecule has 0 aliphatic heterocycles. The Morgan fingerprint density at radius 2 is 2.19 bits per heavy atom. The number of likely N-dealkylation sites (N-methyl/N-ethyl adjacent to an activating group) is 1. The molecule has 0 atom stereocenters. The summed E-state index contributed by atoms with van der Waals surface area (Å²) in [5.74, 6) is -0.420. The first-order valence-corrected chi connectivity index (χ1v) is 6.45. The molecule has 8 nitrogen and oxygen atoms in total. The fraction of sp³-hybridized carbons (Fsp3) is 0.462. The number of ether oxygens (including phenoxy) is 1. The van der Waals surface area contributed by atoms with Crippen molar-refractivity contribution >= 4 is 17.3 Å². The first kappa shape index (κ1) is 16.9. The van der Waals surface area contributed by atoms with Crippen molar-refractivity contribution in [2.75, 3.05) is 46.1 Å². The summed E-state index contributed by atoms with van der Waals surface area (Å²) >= 11 is 0. The van der Waals surface area contributed by atoms with Crippen LogP contribution in [0.5, 0.6) is 0 Å². The van der Waals surface area contributed by atoms with Gasteiger partial charge in [0, 0.05) is 44.6 Å². The van der Waals surface area contributed by atoms with Crippen LogP contribution in [0.1, 0.15) is 10.4 Å². The molecule has 0 bridgehead atoms. The molecule has 0 radical (unpaired) electrons.